The van der Waals surface area contributed by atoms with E-state index in [9.17, 15) is 19.2 Å². The number of aryl methyl sites for hydroxylation is 2. The third-order valence-electron chi connectivity index (χ3n) is 11.4. The standard InChI is InChI=1S/C41H44BrN9O5/c1-24-31(23-49(3)48-24)36-45-34-35(32(42)22-43-37(34)46-36)56-29-10-6-27(7-11-29)40(55)51-18-14-26(15-19-51)38(53)47-41(2)16-20-50(21-17-41)28-8-4-25(5-9-28)30-12-13-33(52)44-39(30)54/h4-11,22-23,26,30H,12-21H2,1-3H3,(H,47,53)(H,43,45,46)(H,44,52,54)/t30-/m0/s1. The first-order valence-corrected chi connectivity index (χ1v) is 19.8. The molecule has 15 heteroatoms. The molecule has 3 aromatic heterocycles. The maximum absolute atomic E-state index is 13.5. The van der Waals surface area contributed by atoms with Crippen molar-refractivity contribution >= 4 is 56.4 Å². The third-order valence-corrected chi connectivity index (χ3v) is 11.9. The van der Waals surface area contributed by atoms with E-state index < -0.39 is 0 Å². The third kappa shape index (κ3) is 7.64. The second kappa shape index (κ2) is 15.2. The van der Waals surface area contributed by atoms with Crippen molar-refractivity contribution in [2.75, 3.05) is 31.1 Å². The van der Waals surface area contributed by atoms with Crippen LogP contribution in [0.25, 0.3) is 22.6 Å². The summed E-state index contributed by atoms with van der Waals surface area (Å²) in [5.74, 6) is 0.834. The number of H-pyrrole nitrogens is 1. The van der Waals surface area contributed by atoms with Gasteiger partial charge in [-0.1, -0.05) is 12.1 Å². The molecule has 3 fully saturated rings. The first-order valence-electron chi connectivity index (χ1n) is 19.1. The number of carbonyl (C=O) groups excluding carboxylic acids is 4. The summed E-state index contributed by atoms with van der Waals surface area (Å²) in [4.78, 5) is 67.4. The second-order valence-electron chi connectivity index (χ2n) is 15.3. The molecule has 6 heterocycles. The Hall–Kier alpha value is -5.57. The Balaban J connectivity index is 0.820. The van der Waals surface area contributed by atoms with E-state index in [1.54, 1.807) is 35.1 Å². The van der Waals surface area contributed by atoms with Gasteiger partial charge in [-0.2, -0.15) is 5.10 Å². The molecule has 3 saturated heterocycles. The quantitative estimate of drug-likeness (QED) is 0.165. The molecule has 2 aromatic carbocycles. The summed E-state index contributed by atoms with van der Waals surface area (Å²) in [5.41, 5.74) is 5.11. The van der Waals surface area contributed by atoms with Crippen LogP contribution in [0.15, 0.2) is 65.4 Å². The Labute approximate surface area is 332 Å². The number of piperidine rings is 3. The first-order chi connectivity index (χ1) is 26.9. The van der Waals surface area contributed by atoms with Gasteiger partial charge in [0.05, 0.1) is 21.6 Å². The van der Waals surface area contributed by atoms with Gasteiger partial charge in [-0.05, 0) is 104 Å². The van der Waals surface area contributed by atoms with Crippen LogP contribution in [0, 0.1) is 12.8 Å². The summed E-state index contributed by atoms with van der Waals surface area (Å²) in [6, 6.07) is 15.1. The number of pyridine rings is 1. The number of anilines is 1. The number of amides is 4. The van der Waals surface area contributed by atoms with Gasteiger partial charge < -0.3 is 24.8 Å². The number of fused-ring (bicyclic) bond motifs is 1. The normalized spacial score (nSPS) is 18.9. The fourth-order valence-corrected chi connectivity index (χ4v) is 8.38. The smallest absolute Gasteiger partial charge is 0.253 e. The SMILES string of the molecule is Cc1nn(C)cc1-c1nc2ncc(Br)c(Oc3ccc(C(=O)N4CCC(C(=O)NC5(C)CCN(c6ccc([C@@H]7CCC(=O)NC7=O)cc6)CC5)CC4)cc3)c2[nH]1. The minimum absolute atomic E-state index is 0.0551. The number of hydrogen-bond donors (Lipinski definition) is 3. The number of hydrogen-bond acceptors (Lipinski definition) is 9. The van der Waals surface area contributed by atoms with Crippen LogP contribution in [0.4, 0.5) is 5.69 Å². The van der Waals surface area contributed by atoms with Crippen molar-refractivity contribution in [1.29, 1.82) is 0 Å². The number of imidazole rings is 1. The van der Waals surface area contributed by atoms with Crippen LogP contribution in [0.3, 0.4) is 0 Å². The molecule has 5 aromatic rings. The minimum Gasteiger partial charge on any atom is -0.454 e. The lowest BCUT2D eigenvalue weighted by Crippen LogP contribution is -2.55. The number of nitrogens with zero attached hydrogens (tertiary/aromatic N) is 6. The highest BCUT2D eigenvalue weighted by atomic mass is 79.9. The molecule has 56 heavy (non-hydrogen) atoms. The molecule has 1 atom stereocenters. The Bertz CT molecular complexity index is 2300. The van der Waals surface area contributed by atoms with Gasteiger partial charge in [-0.3, -0.25) is 29.2 Å². The van der Waals surface area contributed by atoms with Gasteiger partial charge in [0.15, 0.2) is 11.4 Å². The van der Waals surface area contributed by atoms with Gasteiger partial charge in [0, 0.05) is 74.7 Å². The molecule has 14 nitrogen and oxygen atoms in total. The number of rotatable bonds is 8. The average Bonchev–Trinajstić information content (AvgIpc) is 3.78. The van der Waals surface area contributed by atoms with Crippen molar-refractivity contribution in [3.05, 3.63) is 82.2 Å². The number of halogens is 1. The number of aromatic nitrogens is 5. The van der Waals surface area contributed by atoms with Crippen molar-refractivity contribution in [1.82, 2.24) is 40.3 Å². The lowest BCUT2D eigenvalue weighted by Gasteiger charge is -2.42. The summed E-state index contributed by atoms with van der Waals surface area (Å²) >= 11 is 3.56. The topological polar surface area (TPSA) is 167 Å². The van der Waals surface area contributed by atoms with E-state index in [1.165, 1.54) is 0 Å². The molecule has 3 aliphatic heterocycles. The summed E-state index contributed by atoms with van der Waals surface area (Å²) in [6.45, 7) is 6.65. The molecular weight excluding hydrogens is 778 g/mol. The van der Waals surface area contributed by atoms with Gasteiger partial charge >= 0.3 is 0 Å². The van der Waals surface area contributed by atoms with Crippen LogP contribution >= 0.6 is 15.9 Å². The van der Waals surface area contributed by atoms with Crippen molar-refractivity contribution in [2.24, 2.45) is 13.0 Å². The van der Waals surface area contributed by atoms with Gasteiger partial charge in [0.1, 0.15) is 17.1 Å². The van der Waals surface area contributed by atoms with E-state index in [-0.39, 0.29) is 41.0 Å². The number of likely N-dealkylation sites (tertiary alicyclic amines) is 1. The number of imide groups is 1. The second-order valence-corrected chi connectivity index (χ2v) is 16.2. The number of nitrogens with one attached hydrogen (secondary N) is 3. The highest BCUT2D eigenvalue weighted by Crippen LogP contribution is 2.37. The van der Waals surface area contributed by atoms with Crippen LogP contribution in [-0.4, -0.2) is 85.0 Å². The summed E-state index contributed by atoms with van der Waals surface area (Å²) in [6.07, 6.45) is 7.27. The fraction of sp³-hybridized carbons (Fsp3) is 0.390. The Morgan fingerprint density at radius 2 is 1.70 bits per heavy atom. The average molecular weight is 823 g/mol. The molecular formula is C41H44BrN9O5. The van der Waals surface area contributed by atoms with E-state index in [1.807, 2.05) is 49.3 Å². The van der Waals surface area contributed by atoms with E-state index >= 15 is 0 Å². The predicted octanol–water partition coefficient (Wildman–Crippen LogP) is 5.77. The number of carbonyl (C=O) groups is 4. The van der Waals surface area contributed by atoms with Crippen LogP contribution < -0.4 is 20.3 Å². The predicted molar refractivity (Wildman–Crippen MR) is 213 cm³/mol. The first kappa shape index (κ1) is 37.4. The number of benzene rings is 2. The zero-order valence-corrected chi connectivity index (χ0v) is 33.2. The zero-order valence-electron chi connectivity index (χ0n) is 31.6. The van der Waals surface area contributed by atoms with E-state index in [4.69, 9.17) is 4.74 Å². The number of aromatic amines is 1. The molecule has 3 aliphatic rings. The molecule has 0 radical (unpaired) electrons. The maximum Gasteiger partial charge on any atom is 0.253 e. The molecule has 0 unspecified atom stereocenters. The molecule has 0 aliphatic carbocycles. The van der Waals surface area contributed by atoms with Crippen LogP contribution in [0.5, 0.6) is 11.5 Å². The minimum atomic E-state index is -0.313. The zero-order chi connectivity index (χ0) is 39.1. The molecule has 4 amide bonds. The lowest BCUT2D eigenvalue weighted by molar-refractivity contribution is -0.134. The van der Waals surface area contributed by atoms with Crippen LogP contribution in [0.2, 0.25) is 0 Å². The lowest BCUT2D eigenvalue weighted by atomic mass is 9.87. The molecule has 0 saturated carbocycles. The molecule has 0 bridgehead atoms. The Kier molecular flexibility index (Phi) is 10.1. The maximum atomic E-state index is 13.5. The largest absolute Gasteiger partial charge is 0.454 e. The van der Waals surface area contributed by atoms with Gasteiger partial charge in [0.2, 0.25) is 17.7 Å². The van der Waals surface area contributed by atoms with Crippen molar-refractivity contribution in [2.45, 2.75) is 63.8 Å². The summed E-state index contributed by atoms with van der Waals surface area (Å²) < 4.78 is 8.68. The number of ether oxygens (including phenoxy) is 1. The summed E-state index contributed by atoms with van der Waals surface area (Å²) in [7, 11) is 1.86. The molecule has 0 spiro atoms. The van der Waals surface area contributed by atoms with Crippen molar-refractivity contribution < 1.29 is 23.9 Å². The van der Waals surface area contributed by atoms with Gasteiger partial charge in [0.25, 0.3) is 5.91 Å². The van der Waals surface area contributed by atoms with Crippen molar-refractivity contribution in [3.63, 3.8) is 0 Å². The Morgan fingerprint density at radius 1 is 0.982 bits per heavy atom. The fourth-order valence-electron chi connectivity index (χ4n) is 7.99. The van der Waals surface area contributed by atoms with E-state index in [0.717, 1.165) is 48.4 Å². The Morgan fingerprint density at radius 3 is 2.36 bits per heavy atom. The molecule has 290 valence electrons. The van der Waals surface area contributed by atoms with Gasteiger partial charge in [-0.25, -0.2) is 9.97 Å². The monoisotopic (exact) mass is 821 g/mol. The molecule has 8 rings (SSSR count). The highest BCUT2D eigenvalue weighted by molar-refractivity contribution is 9.10. The van der Waals surface area contributed by atoms with Crippen LogP contribution in [0.1, 0.15) is 73.0 Å². The van der Waals surface area contributed by atoms with E-state index in [0.29, 0.717) is 77.3 Å². The van der Waals surface area contributed by atoms with Crippen LogP contribution in [-0.2, 0) is 21.4 Å². The summed E-state index contributed by atoms with van der Waals surface area (Å²) in [5, 5.41) is 10.2. The van der Waals surface area contributed by atoms with Gasteiger partial charge in [-0.15, -0.1) is 0 Å². The highest BCUT2D eigenvalue weighted by Gasteiger charge is 2.36. The van der Waals surface area contributed by atoms with Crippen molar-refractivity contribution in [3.8, 4) is 22.9 Å². The molecule has 3 N–H and O–H groups in total. The van der Waals surface area contributed by atoms with E-state index in [2.05, 4.69) is 58.4 Å².